The molecule has 26 heavy (non-hydrogen) atoms. The number of aryl methyl sites for hydroxylation is 1. The van der Waals surface area contributed by atoms with Crippen LogP contribution in [0, 0.1) is 6.92 Å². The number of anilines is 1. The minimum Gasteiger partial charge on any atom is -0.370 e. The molecule has 0 aliphatic heterocycles. The molecule has 6 nitrogen and oxygen atoms in total. The van der Waals surface area contributed by atoms with Gasteiger partial charge in [-0.1, -0.05) is 31.5 Å². The molecule has 1 aromatic carbocycles. The topological polar surface area (TPSA) is 82.7 Å². The van der Waals surface area contributed by atoms with Crippen LogP contribution in [0.25, 0.3) is 10.9 Å². The lowest BCUT2D eigenvalue weighted by atomic mass is 10.1. The zero-order valence-electron chi connectivity index (χ0n) is 15.3. The van der Waals surface area contributed by atoms with Gasteiger partial charge in [0.15, 0.2) is 0 Å². The fourth-order valence-electron chi connectivity index (χ4n) is 2.91. The maximum Gasteiger partial charge on any atom is 0.270 e. The molecular formula is C20H25N5O. The number of hydrogen-bond donors (Lipinski definition) is 3. The molecule has 0 bridgehead atoms. The number of hydrogen-bond acceptors (Lipinski definition) is 4. The average Bonchev–Trinajstić information content (AvgIpc) is 3.05. The van der Waals surface area contributed by atoms with E-state index in [2.05, 4.69) is 38.6 Å². The van der Waals surface area contributed by atoms with Gasteiger partial charge in [-0.15, -0.1) is 0 Å². The molecule has 0 aliphatic rings. The van der Waals surface area contributed by atoms with E-state index >= 15 is 0 Å². The van der Waals surface area contributed by atoms with Gasteiger partial charge in [0, 0.05) is 36.3 Å². The molecule has 136 valence electrons. The Bertz CT molecular complexity index is 887. The predicted molar refractivity (Wildman–Crippen MR) is 105 cm³/mol. The molecule has 0 atom stereocenters. The second kappa shape index (κ2) is 8.47. The van der Waals surface area contributed by atoms with Gasteiger partial charge >= 0.3 is 0 Å². The Hall–Kier alpha value is -2.89. The minimum absolute atomic E-state index is 0.172. The van der Waals surface area contributed by atoms with E-state index in [0.29, 0.717) is 23.9 Å². The number of nitrogens with zero attached hydrogens (tertiary/aromatic N) is 2. The number of rotatable bonds is 8. The second-order valence-corrected chi connectivity index (χ2v) is 6.33. The van der Waals surface area contributed by atoms with Gasteiger partial charge in [0.1, 0.15) is 17.3 Å². The van der Waals surface area contributed by atoms with Crippen molar-refractivity contribution < 1.29 is 4.79 Å². The summed E-state index contributed by atoms with van der Waals surface area (Å²) in [5.41, 5.74) is 2.71. The first-order valence-corrected chi connectivity index (χ1v) is 9.10. The Morgan fingerprint density at radius 2 is 2.04 bits per heavy atom. The van der Waals surface area contributed by atoms with E-state index in [0.717, 1.165) is 31.3 Å². The number of carbonyl (C=O) groups is 1. The molecule has 2 heterocycles. The lowest BCUT2D eigenvalue weighted by Gasteiger charge is -2.09. The van der Waals surface area contributed by atoms with Gasteiger partial charge in [-0.25, -0.2) is 9.97 Å². The Balaban J connectivity index is 1.59. The molecule has 0 fully saturated rings. The molecule has 3 aromatic rings. The number of aromatic nitrogens is 3. The number of nitrogens with one attached hydrogen (secondary N) is 3. The number of unbranched alkanes of at least 4 members (excludes halogenated alkanes) is 1. The summed E-state index contributed by atoms with van der Waals surface area (Å²) in [6.07, 6.45) is 4.94. The highest BCUT2D eigenvalue weighted by Crippen LogP contribution is 2.17. The summed E-state index contributed by atoms with van der Waals surface area (Å²) < 4.78 is 0. The Morgan fingerprint density at radius 1 is 1.19 bits per heavy atom. The van der Waals surface area contributed by atoms with E-state index in [-0.39, 0.29) is 5.91 Å². The normalized spacial score (nSPS) is 10.8. The Morgan fingerprint density at radius 3 is 2.88 bits per heavy atom. The van der Waals surface area contributed by atoms with Crippen LogP contribution in [0.5, 0.6) is 0 Å². The van der Waals surface area contributed by atoms with Gasteiger partial charge in [0.25, 0.3) is 5.91 Å². The van der Waals surface area contributed by atoms with Crippen LogP contribution in [-0.2, 0) is 6.42 Å². The summed E-state index contributed by atoms with van der Waals surface area (Å²) in [7, 11) is 0. The van der Waals surface area contributed by atoms with Gasteiger partial charge in [-0.3, -0.25) is 4.79 Å². The van der Waals surface area contributed by atoms with Crippen LogP contribution in [0.4, 0.5) is 5.82 Å². The SMILES string of the molecule is CCCCNc1cc(C(=O)NCCc2c[nH]c3ccccc23)nc(C)n1. The van der Waals surface area contributed by atoms with Crippen LogP contribution >= 0.6 is 0 Å². The van der Waals surface area contributed by atoms with E-state index in [1.807, 2.05) is 24.4 Å². The molecule has 1 amide bonds. The highest BCUT2D eigenvalue weighted by Gasteiger charge is 2.11. The number of para-hydroxylation sites is 1. The first-order valence-electron chi connectivity index (χ1n) is 9.10. The van der Waals surface area contributed by atoms with Crippen molar-refractivity contribution in [3.05, 3.63) is 53.6 Å². The van der Waals surface area contributed by atoms with Gasteiger partial charge < -0.3 is 15.6 Å². The van der Waals surface area contributed by atoms with Crippen molar-refractivity contribution in [2.75, 3.05) is 18.4 Å². The molecule has 0 radical (unpaired) electrons. The summed E-state index contributed by atoms with van der Waals surface area (Å²) in [4.78, 5) is 24.3. The fraction of sp³-hybridized carbons (Fsp3) is 0.350. The largest absolute Gasteiger partial charge is 0.370 e. The van der Waals surface area contributed by atoms with Gasteiger partial charge in [0.2, 0.25) is 0 Å². The van der Waals surface area contributed by atoms with E-state index in [1.165, 1.54) is 10.9 Å². The second-order valence-electron chi connectivity index (χ2n) is 6.33. The highest BCUT2D eigenvalue weighted by atomic mass is 16.1. The van der Waals surface area contributed by atoms with Crippen molar-refractivity contribution in [1.82, 2.24) is 20.3 Å². The average molecular weight is 351 g/mol. The molecule has 3 rings (SSSR count). The fourth-order valence-corrected chi connectivity index (χ4v) is 2.91. The van der Waals surface area contributed by atoms with E-state index < -0.39 is 0 Å². The van der Waals surface area contributed by atoms with E-state index in [1.54, 1.807) is 13.0 Å². The van der Waals surface area contributed by atoms with Crippen LogP contribution in [0.3, 0.4) is 0 Å². The quantitative estimate of drug-likeness (QED) is 0.543. The molecule has 6 heteroatoms. The van der Waals surface area contributed by atoms with E-state index in [9.17, 15) is 4.79 Å². The van der Waals surface area contributed by atoms with Crippen LogP contribution in [-0.4, -0.2) is 33.9 Å². The molecular weight excluding hydrogens is 326 g/mol. The van der Waals surface area contributed by atoms with Crippen LogP contribution in [0.1, 0.15) is 41.6 Å². The van der Waals surface area contributed by atoms with Crippen LogP contribution in [0.15, 0.2) is 36.5 Å². The summed E-state index contributed by atoms with van der Waals surface area (Å²) in [6.45, 7) is 5.34. The van der Waals surface area contributed by atoms with Gasteiger partial charge in [-0.2, -0.15) is 0 Å². The third kappa shape index (κ3) is 4.39. The molecule has 2 aromatic heterocycles. The third-order valence-corrected chi connectivity index (χ3v) is 4.26. The zero-order valence-corrected chi connectivity index (χ0v) is 15.3. The summed E-state index contributed by atoms with van der Waals surface area (Å²) in [6, 6.07) is 9.88. The van der Waals surface area contributed by atoms with E-state index in [4.69, 9.17) is 0 Å². The monoisotopic (exact) mass is 351 g/mol. The Kier molecular flexibility index (Phi) is 5.84. The maximum atomic E-state index is 12.4. The summed E-state index contributed by atoms with van der Waals surface area (Å²) in [5, 5.41) is 7.39. The number of H-pyrrole nitrogens is 1. The van der Waals surface area contributed by atoms with Gasteiger partial charge in [-0.05, 0) is 31.4 Å². The first kappa shape index (κ1) is 17.9. The molecule has 0 spiro atoms. The number of amides is 1. The predicted octanol–water partition coefficient (Wildman–Crippen LogP) is 3.45. The lowest BCUT2D eigenvalue weighted by Crippen LogP contribution is -2.27. The summed E-state index contributed by atoms with van der Waals surface area (Å²) in [5.74, 6) is 1.12. The molecule has 0 saturated carbocycles. The number of aromatic amines is 1. The molecule has 0 aliphatic carbocycles. The maximum absolute atomic E-state index is 12.4. The van der Waals surface area contributed by atoms with Crippen molar-refractivity contribution >= 4 is 22.6 Å². The van der Waals surface area contributed by atoms with Crippen molar-refractivity contribution in [3.63, 3.8) is 0 Å². The van der Waals surface area contributed by atoms with Crippen molar-refractivity contribution in [2.24, 2.45) is 0 Å². The molecule has 0 saturated heterocycles. The highest BCUT2D eigenvalue weighted by molar-refractivity contribution is 5.93. The smallest absolute Gasteiger partial charge is 0.270 e. The standard InChI is InChI=1S/C20H25N5O/c1-3-4-10-21-19-12-18(24-14(2)25-19)20(26)22-11-9-15-13-23-17-8-6-5-7-16(15)17/h5-8,12-13,23H,3-4,9-11H2,1-2H3,(H,22,26)(H,21,24,25). The minimum atomic E-state index is -0.172. The van der Waals surface area contributed by atoms with Crippen molar-refractivity contribution in [2.45, 2.75) is 33.1 Å². The first-order chi connectivity index (χ1) is 12.7. The van der Waals surface area contributed by atoms with Crippen LogP contribution < -0.4 is 10.6 Å². The number of fused-ring (bicyclic) bond motifs is 1. The van der Waals surface area contributed by atoms with Crippen LogP contribution in [0.2, 0.25) is 0 Å². The zero-order chi connectivity index (χ0) is 18.4. The molecule has 0 unspecified atom stereocenters. The van der Waals surface area contributed by atoms with Gasteiger partial charge in [0.05, 0.1) is 0 Å². The third-order valence-electron chi connectivity index (χ3n) is 4.26. The molecule has 3 N–H and O–H groups in total. The number of benzene rings is 1. The Labute approximate surface area is 153 Å². The van der Waals surface area contributed by atoms with Crippen molar-refractivity contribution in [3.8, 4) is 0 Å². The summed E-state index contributed by atoms with van der Waals surface area (Å²) >= 11 is 0. The van der Waals surface area contributed by atoms with Crippen molar-refractivity contribution in [1.29, 1.82) is 0 Å². The number of carbonyl (C=O) groups excluding carboxylic acids is 1. The lowest BCUT2D eigenvalue weighted by molar-refractivity contribution is 0.0949.